The van der Waals surface area contributed by atoms with Crippen molar-refractivity contribution in [2.45, 2.75) is 33.1 Å². The number of H-pyrrole nitrogens is 2. The molecule has 0 aliphatic carbocycles. The molecule has 0 radical (unpaired) electrons. The van der Waals surface area contributed by atoms with Crippen LogP contribution in [-0.4, -0.2) is 20.9 Å². The molecule has 2 aromatic heterocycles. The standard InChI is InChI=1S/C16H17FN4OS2/c1-3-5-10-12(4-2)24-16(19-10)21-14(22)9-6-8(17)7-11-13(9)20-15(23)18-11/h6-7H,3-5H2,1-2H3,(H2,18,20,23)(H,19,21,22). The van der Waals surface area contributed by atoms with Gasteiger partial charge in [-0.1, -0.05) is 20.3 Å². The molecule has 1 amide bonds. The number of amides is 1. The van der Waals surface area contributed by atoms with Crippen molar-refractivity contribution in [2.75, 3.05) is 5.32 Å². The summed E-state index contributed by atoms with van der Waals surface area (Å²) in [7, 11) is 0. The van der Waals surface area contributed by atoms with Gasteiger partial charge in [0.1, 0.15) is 5.82 Å². The molecule has 5 nitrogen and oxygen atoms in total. The zero-order chi connectivity index (χ0) is 17.3. The lowest BCUT2D eigenvalue weighted by atomic mass is 10.1. The number of nitrogens with zero attached hydrogens (tertiary/aromatic N) is 1. The van der Waals surface area contributed by atoms with Crippen molar-refractivity contribution in [2.24, 2.45) is 0 Å². The molecule has 2 heterocycles. The maximum absolute atomic E-state index is 13.8. The van der Waals surface area contributed by atoms with E-state index >= 15 is 0 Å². The Hall–Kier alpha value is -2.06. The molecule has 0 bridgehead atoms. The molecular weight excluding hydrogens is 347 g/mol. The van der Waals surface area contributed by atoms with Gasteiger partial charge in [0, 0.05) is 4.88 Å². The Labute approximate surface area is 147 Å². The highest BCUT2D eigenvalue weighted by atomic mass is 32.1. The lowest BCUT2D eigenvalue weighted by Crippen LogP contribution is -2.12. The van der Waals surface area contributed by atoms with Crippen LogP contribution in [0.1, 0.15) is 41.2 Å². The van der Waals surface area contributed by atoms with E-state index in [9.17, 15) is 9.18 Å². The van der Waals surface area contributed by atoms with Gasteiger partial charge in [-0.25, -0.2) is 9.37 Å². The largest absolute Gasteiger partial charge is 0.331 e. The molecule has 0 unspecified atom stereocenters. The number of aromatic amines is 2. The van der Waals surface area contributed by atoms with Gasteiger partial charge in [0.15, 0.2) is 9.90 Å². The number of thiazole rings is 1. The average Bonchev–Trinajstić information content (AvgIpc) is 3.08. The van der Waals surface area contributed by atoms with Crippen molar-refractivity contribution in [3.63, 3.8) is 0 Å². The van der Waals surface area contributed by atoms with E-state index in [0.29, 0.717) is 20.9 Å². The van der Waals surface area contributed by atoms with Gasteiger partial charge in [-0.15, -0.1) is 11.3 Å². The third kappa shape index (κ3) is 3.25. The molecule has 0 aliphatic heterocycles. The number of rotatable bonds is 5. The van der Waals surface area contributed by atoms with Gasteiger partial charge < -0.3 is 9.97 Å². The fourth-order valence-electron chi connectivity index (χ4n) is 2.60. The minimum absolute atomic E-state index is 0.197. The quantitative estimate of drug-likeness (QED) is 0.580. The third-order valence-corrected chi connectivity index (χ3v) is 5.00. The molecule has 0 saturated carbocycles. The summed E-state index contributed by atoms with van der Waals surface area (Å²) < 4.78 is 14.1. The molecule has 126 valence electrons. The Morgan fingerprint density at radius 2 is 2.17 bits per heavy atom. The van der Waals surface area contributed by atoms with Crippen molar-refractivity contribution >= 4 is 45.6 Å². The number of aryl methyl sites for hydroxylation is 2. The number of hydrogen-bond acceptors (Lipinski definition) is 4. The summed E-state index contributed by atoms with van der Waals surface area (Å²) in [5, 5.41) is 3.31. The van der Waals surface area contributed by atoms with Crippen LogP contribution in [0.3, 0.4) is 0 Å². The number of imidazole rings is 1. The minimum Gasteiger partial charge on any atom is -0.331 e. The number of aromatic nitrogens is 3. The second-order valence-corrected chi connectivity index (χ2v) is 6.89. The van der Waals surface area contributed by atoms with E-state index in [2.05, 4.69) is 34.1 Å². The molecule has 3 N–H and O–H groups in total. The second kappa shape index (κ2) is 6.82. The Morgan fingerprint density at radius 1 is 1.38 bits per heavy atom. The Balaban J connectivity index is 1.94. The van der Waals surface area contributed by atoms with E-state index < -0.39 is 11.7 Å². The Bertz CT molecular complexity index is 957. The van der Waals surface area contributed by atoms with Crippen molar-refractivity contribution in [1.29, 1.82) is 0 Å². The zero-order valence-electron chi connectivity index (χ0n) is 13.3. The first-order chi connectivity index (χ1) is 11.5. The second-order valence-electron chi connectivity index (χ2n) is 5.40. The molecular formula is C16H17FN4OS2. The Morgan fingerprint density at radius 3 is 2.88 bits per heavy atom. The summed E-state index contributed by atoms with van der Waals surface area (Å²) >= 11 is 6.48. The van der Waals surface area contributed by atoms with Crippen LogP contribution >= 0.6 is 23.6 Å². The zero-order valence-corrected chi connectivity index (χ0v) is 15.0. The third-order valence-electron chi connectivity index (χ3n) is 3.64. The topological polar surface area (TPSA) is 73.6 Å². The highest BCUT2D eigenvalue weighted by Crippen LogP contribution is 2.26. The number of anilines is 1. The molecule has 3 rings (SSSR count). The fourth-order valence-corrected chi connectivity index (χ4v) is 3.75. The fraction of sp³-hybridized carbons (Fsp3) is 0.312. The monoisotopic (exact) mass is 364 g/mol. The smallest absolute Gasteiger partial charge is 0.259 e. The first kappa shape index (κ1) is 16.8. The summed E-state index contributed by atoms with van der Waals surface area (Å²) in [6.07, 6.45) is 2.75. The summed E-state index contributed by atoms with van der Waals surface area (Å²) in [6.45, 7) is 4.16. The maximum atomic E-state index is 13.8. The van der Waals surface area contributed by atoms with Crippen molar-refractivity contribution < 1.29 is 9.18 Å². The highest BCUT2D eigenvalue weighted by Gasteiger charge is 2.17. The molecule has 0 atom stereocenters. The molecule has 8 heteroatoms. The SMILES string of the molecule is CCCc1nc(NC(=O)c2cc(F)cc3[nH]c(=S)[nH]c23)sc1CC. The predicted octanol–water partition coefficient (Wildman–Crippen LogP) is 4.59. The van der Waals surface area contributed by atoms with E-state index in [1.165, 1.54) is 23.5 Å². The molecule has 1 aromatic carbocycles. The lowest BCUT2D eigenvalue weighted by Gasteiger charge is -2.03. The van der Waals surface area contributed by atoms with Crippen molar-refractivity contribution in [3.05, 3.63) is 38.9 Å². The maximum Gasteiger partial charge on any atom is 0.259 e. The lowest BCUT2D eigenvalue weighted by molar-refractivity contribution is 0.102. The van der Waals surface area contributed by atoms with Crippen molar-refractivity contribution in [3.8, 4) is 0 Å². The van der Waals surface area contributed by atoms with Gasteiger partial charge in [-0.3, -0.25) is 10.1 Å². The normalized spacial score (nSPS) is 11.1. The first-order valence-corrected chi connectivity index (χ1v) is 8.95. The molecule has 24 heavy (non-hydrogen) atoms. The summed E-state index contributed by atoms with van der Waals surface area (Å²) in [4.78, 5) is 23.9. The first-order valence-electron chi connectivity index (χ1n) is 7.73. The number of hydrogen-bond donors (Lipinski definition) is 3. The van der Waals surface area contributed by atoms with Crippen LogP contribution in [0.2, 0.25) is 0 Å². The number of fused-ring (bicyclic) bond motifs is 1. The van der Waals surface area contributed by atoms with E-state index in [0.717, 1.165) is 29.8 Å². The van der Waals surface area contributed by atoms with E-state index in [1.54, 1.807) is 0 Å². The summed E-state index contributed by atoms with van der Waals surface area (Å²) in [5.74, 6) is -0.915. The van der Waals surface area contributed by atoms with Crippen LogP contribution in [0, 0.1) is 10.6 Å². The van der Waals surface area contributed by atoms with Crippen LogP contribution in [0.15, 0.2) is 12.1 Å². The highest BCUT2D eigenvalue weighted by molar-refractivity contribution is 7.71. The van der Waals surface area contributed by atoms with Crippen molar-refractivity contribution in [1.82, 2.24) is 15.0 Å². The van der Waals surface area contributed by atoms with E-state index in [1.807, 2.05) is 0 Å². The molecule has 0 aliphatic rings. The number of halogens is 1. The molecule has 0 fully saturated rings. The number of carbonyl (C=O) groups excluding carboxylic acids is 1. The van der Waals surface area contributed by atoms with Gasteiger partial charge in [0.25, 0.3) is 5.91 Å². The van der Waals surface area contributed by atoms with Crippen LogP contribution in [0.4, 0.5) is 9.52 Å². The van der Waals surface area contributed by atoms with Crippen LogP contribution in [0.25, 0.3) is 11.0 Å². The van der Waals surface area contributed by atoms with Gasteiger partial charge >= 0.3 is 0 Å². The van der Waals surface area contributed by atoms with Gasteiger partial charge in [0.05, 0.1) is 22.3 Å². The van der Waals surface area contributed by atoms with Crippen LogP contribution < -0.4 is 5.32 Å². The van der Waals surface area contributed by atoms with E-state index in [4.69, 9.17) is 12.2 Å². The molecule has 0 saturated heterocycles. The van der Waals surface area contributed by atoms with Gasteiger partial charge in [-0.05, 0) is 37.2 Å². The predicted molar refractivity (Wildman–Crippen MR) is 96.9 cm³/mol. The summed E-state index contributed by atoms with van der Waals surface area (Å²) in [5.41, 5.74) is 2.17. The molecule has 3 aromatic rings. The van der Waals surface area contributed by atoms with Gasteiger partial charge in [-0.2, -0.15) is 0 Å². The molecule has 0 spiro atoms. The van der Waals surface area contributed by atoms with Crippen LogP contribution in [0.5, 0.6) is 0 Å². The van der Waals surface area contributed by atoms with Crippen LogP contribution in [-0.2, 0) is 12.8 Å². The number of nitrogens with one attached hydrogen (secondary N) is 3. The van der Waals surface area contributed by atoms with E-state index in [-0.39, 0.29) is 5.56 Å². The number of carbonyl (C=O) groups is 1. The Kier molecular flexibility index (Phi) is 4.77. The number of benzene rings is 1. The van der Waals surface area contributed by atoms with Gasteiger partial charge in [0.2, 0.25) is 0 Å². The average molecular weight is 364 g/mol. The summed E-state index contributed by atoms with van der Waals surface area (Å²) in [6, 6.07) is 2.49. The minimum atomic E-state index is -0.502.